The van der Waals surface area contributed by atoms with Crippen LogP contribution in [0.15, 0.2) is 44.9 Å². The lowest BCUT2D eigenvalue weighted by molar-refractivity contribution is 0.321. The molecule has 10 nitrogen and oxygen atoms in total. The molecule has 0 aliphatic rings. The number of benzene rings is 2. The number of nitrogens with zero attached hydrogens (tertiary/aromatic N) is 4. The first kappa shape index (κ1) is 23.2. The quantitative estimate of drug-likeness (QED) is 0.214. The van der Waals surface area contributed by atoms with Crippen molar-refractivity contribution in [2.24, 2.45) is 20.6 Å². The molecule has 0 saturated carbocycles. The second-order valence-electron chi connectivity index (χ2n) is 7.07. The number of hydrogen-bond acceptors (Lipinski definition) is 10. The third-order valence-electron chi connectivity index (χ3n) is 5.15. The van der Waals surface area contributed by atoms with E-state index in [0.717, 1.165) is 31.3 Å². The number of phenolic OH excluding ortho intramolecular Hbond substituents is 2. The zero-order valence-electron chi connectivity index (χ0n) is 17.0. The van der Waals surface area contributed by atoms with Crippen molar-refractivity contribution in [2.45, 2.75) is 32.1 Å². The van der Waals surface area contributed by atoms with Crippen LogP contribution in [0.5, 0.6) is 11.5 Å². The summed E-state index contributed by atoms with van der Waals surface area (Å²) in [7, 11) is 0. The van der Waals surface area contributed by atoms with Crippen LogP contribution in [0.1, 0.15) is 60.1 Å². The average molecular weight is 428 g/mol. The van der Waals surface area contributed by atoms with E-state index in [1.807, 2.05) is 13.8 Å². The molecule has 2 aromatic carbocycles. The van der Waals surface area contributed by atoms with Crippen LogP contribution in [0.4, 0.5) is 0 Å². The SMILES string of the molecule is CCCC(C)(c1cc(C=NO)c(O)c(C=NO)c1)c1cc(C=NO)c(O)c(C=NO)c1. The summed E-state index contributed by atoms with van der Waals surface area (Å²) in [5.41, 5.74) is 1.44. The van der Waals surface area contributed by atoms with E-state index in [-0.39, 0.29) is 33.8 Å². The average Bonchev–Trinajstić information content (AvgIpc) is 2.74. The van der Waals surface area contributed by atoms with Crippen molar-refractivity contribution in [3.63, 3.8) is 0 Å². The lowest BCUT2D eigenvalue weighted by Gasteiger charge is -2.32. The van der Waals surface area contributed by atoms with Crippen molar-refractivity contribution in [2.75, 3.05) is 0 Å². The van der Waals surface area contributed by atoms with Crippen LogP contribution in [-0.2, 0) is 5.41 Å². The van der Waals surface area contributed by atoms with Gasteiger partial charge in [0.2, 0.25) is 0 Å². The van der Waals surface area contributed by atoms with Crippen molar-refractivity contribution in [1.29, 1.82) is 0 Å². The van der Waals surface area contributed by atoms with Gasteiger partial charge in [-0.3, -0.25) is 0 Å². The Morgan fingerprint density at radius 2 is 0.968 bits per heavy atom. The molecule has 0 aromatic heterocycles. The molecular formula is C21H24N4O6. The van der Waals surface area contributed by atoms with Crippen molar-refractivity contribution in [3.8, 4) is 11.5 Å². The molecule has 0 amide bonds. The van der Waals surface area contributed by atoms with Crippen molar-refractivity contribution in [3.05, 3.63) is 57.6 Å². The van der Waals surface area contributed by atoms with Gasteiger partial charge in [-0.05, 0) is 41.8 Å². The smallest absolute Gasteiger partial charge is 0.133 e. The van der Waals surface area contributed by atoms with E-state index in [2.05, 4.69) is 20.6 Å². The van der Waals surface area contributed by atoms with Crippen LogP contribution in [0.2, 0.25) is 0 Å². The van der Waals surface area contributed by atoms with Gasteiger partial charge in [-0.1, -0.05) is 40.9 Å². The molecule has 0 saturated heterocycles. The molecular weight excluding hydrogens is 404 g/mol. The Labute approximate surface area is 178 Å². The molecule has 0 heterocycles. The van der Waals surface area contributed by atoms with E-state index < -0.39 is 5.41 Å². The van der Waals surface area contributed by atoms with Gasteiger partial charge in [0, 0.05) is 27.7 Å². The number of hydrogen-bond donors (Lipinski definition) is 6. The molecule has 0 bridgehead atoms. The van der Waals surface area contributed by atoms with Crippen LogP contribution in [0.25, 0.3) is 0 Å². The zero-order valence-corrected chi connectivity index (χ0v) is 17.0. The summed E-state index contributed by atoms with van der Waals surface area (Å²) in [6.45, 7) is 3.91. The van der Waals surface area contributed by atoms with Crippen LogP contribution in [-0.4, -0.2) is 55.9 Å². The molecule has 0 unspecified atom stereocenters. The minimum Gasteiger partial charge on any atom is -0.507 e. The van der Waals surface area contributed by atoms with Gasteiger partial charge in [0.15, 0.2) is 0 Å². The molecule has 2 aromatic rings. The summed E-state index contributed by atoms with van der Waals surface area (Å²) < 4.78 is 0. The first-order valence-corrected chi connectivity index (χ1v) is 9.30. The maximum Gasteiger partial charge on any atom is 0.133 e. The minimum atomic E-state index is -0.720. The molecule has 2 rings (SSSR count). The van der Waals surface area contributed by atoms with E-state index >= 15 is 0 Å². The van der Waals surface area contributed by atoms with Gasteiger partial charge < -0.3 is 31.0 Å². The minimum absolute atomic E-state index is 0.199. The van der Waals surface area contributed by atoms with Gasteiger partial charge in [0.1, 0.15) is 11.5 Å². The Hall–Kier alpha value is -4.08. The zero-order chi connectivity index (χ0) is 23.0. The fourth-order valence-corrected chi connectivity index (χ4v) is 3.60. The monoisotopic (exact) mass is 428 g/mol. The van der Waals surface area contributed by atoms with Crippen LogP contribution >= 0.6 is 0 Å². The number of aromatic hydroxyl groups is 2. The Balaban J connectivity index is 2.88. The van der Waals surface area contributed by atoms with Crippen LogP contribution in [0.3, 0.4) is 0 Å². The number of oxime groups is 4. The van der Waals surface area contributed by atoms with Gasteiger partial charge in [0.05, 0.1) is 24.9 Å². The summed E-state index contributed by atoms with van der Waals surface area (Å²) >= 11 is 0. The van der Waals surface area contributed by atoms with Crippen molar-refractivity contribution in [1.82, 2.24) is 0 Å². The number of phenols is 2. The Morgan fingerprint density at radius 3 is 1.19 bits per heavy atom. The molecule has 10 heteroatoms. The first-order chi connectivity index (χ1) is 14.9. The molecule has 0 aliphatic carbocycles. The summed E-state index contributed by atoms with van der Waals surface area (Å²) in [6.07, 6.45) is 5.60. The first-order valence-electron chi connectivity index (χ1n) is 9.30. The molecule has 0 spiro atoms. The van der Waals surface area contributed by atoms with E-state index in [9.17, 15) is 10.2 Å². The van der Waals surface area contributed by atoms with Gasteiger partial charge in [-0.25, -0.2) is 0 Å². The third kappa shape index (κ3) is 4.74. The topological polar surface area (TPSA) is 171 Å². The molecule has 31 heavy (non-hydrogen) atoms. The normalized spacial score (nSPS) is 14.3. The summed E-state index contributed by atoms with van der Waals surface area (Å²) in [5, 5.41) is 68.6. The van der Waals surface area contributed by atoms with E-state index in [1.165, 1.54) is 0 Å². The predicted octanol–water partition coefficient (Wildman–Crippen LogP) is 3.44. The largest absolute Gasteiger partial charge is 0.507 e. The standard InChI is InChI=1S/C21H24N4O6/c1-3-4-21(2,17-5-13(9-22-28)19(26)14(6-17)10-23-29)18-7-15(11-24-30)20(27)16(8-18)12-25-31/h5-12,26-31H,3-4H2,1-2H3. The van der Waals surface area contributed by atoms with Gasteiger partial charge >= 0.3 is 0 Å². The second-order valence-corrected chi connectivity index (χ2v) is 7.07. The maximum atomic E-state index is 10.4. The highest BCUT2D eigenvalue weighted by Gasteiger charge is 2.31. The molecule has 164 valence electrons. The van der Waals surface area contributed by atoms with Gasteiger partial charge in [-0.2, -0.15) is 0 Å². The predicted molar refractivity (Wildman–Crippen MR) is 115 cm³/mol. The lowest BCUT2D eigenvalue weighted by atomic mass is 9.71. The molecule has 0 fully saturated rings. The summed E-state index contributed by atoms with van der Waals surface area (Å²) in [6, 6.07) is 6.52. The third-order valence-corrected chi connectivity index (χ3v) is 5.15. The fourth-order valence-electron chi connectivity index (χ4n) is 3.60. The Morgan fingerprint density at radius 1 is 0.677 bits per heavy atom. The molecule has 6 N–H and O–H groups in total. The lowest BCUT2D eigenvalue weighted by Crippen LogP contribution is -2.25. The van der Waals surface area contributed by atoms with Crippen LogP contribution < -0.4 is 0 Å². The van der Waals surface area contributed by atoms with Gasteiger partial charge in [-0.15, -0.1) is 0 Å². The Kier molecular flexibility index (Phi) is 7.56. The summed E-state index contributed by atoms with van der Waals surface area (Å²) in [5.74, 6) is -0.463. The van der Waals surface area contributed by atoms with E-state index in [1.54, 1.807) is 24.3 Å². The number of rotatable bonds is 8. The van der Waals surface area contributed by atoms with Crippen molar-refractivity contribution < 1.29 is 31.0 Å². The van der Waals surface area contributed by atoms with Gasteiger partial charge in [0.25, 0.3) is 0 Å². The molecule has 0 radical (unpaired) electrons. The maximum absolute atomic E-state index is 10.4. The molecule has 0 atom stereocenters. The summed E-state index contributed by atoms with van der Waals surface area (Å²) in [4.78, 5) is 0. The van der Waals surface area contributed by atoms with Crippen molar-refractivity contribution >= 4 is 24.9 Å². The highest BCUT2D eigenvalue weighted by Crippen LogP contribution is 2.41. The Bertz CT molecular complexity index is 903. The van der Waals surface area contributed by atoms with E-state index in [4.69, 9.17) is 20.8 Å². The fraction of sp³-hybridized carbons (Fsp3) is 0.238. The highest BCUT2D eigenvalue weighted by molar-refractivity contribution is 5.93. The molecule has 0 aliphatic heterocycles. The second kappa shape index (κ2) is 10.1. The van der Waals surface area contributed by atoms with Crippen LogP contribution in [0, 0.1) is 0 Å². The van der Waals surface area contributed by atoms with E-state index in [0.29, 0.717) is 17.5 Å². The highest BCUT2D eigenvalue weighted by atomic mass is 16.4.